The van der Waals surface area contributed by atoms with E-state index in [-0.39, 0.29) is 5.41 Å². The number of oxazole rings is 2. The summed E-state index contributed by atoms with van der Waals surface area (Å²) in [6.07, 6.45) is 0. The first-order valence-corrected chi connectivity index (χ1v) is 22.1. The van der Waals surface area contributed by atoms with Gasteiger partial charge in [0.05, 0.1) is 11.0 Å². The SMILES string of the molecule is CC1(C)c2cc(N(c3ccccc3)c3ccc(-c4nc5ccccc5o4)cc3)ccc2-c2ccc(-n3c4ccccc4c4cc(-c5ccc(-c6nc7ccccc7o6)cc5)ccc43)cc21. The Labute approximate surface area is 375 Å². The molecule has 13 rings (SSSR count). The van der Waals surface area contributed by atoms with E-state index in [0.29, 0.717) is 11.8 Å². The third-order valence-electron chi connectivity index (χ3n) is 13.3. The smallest absolute Gasteiger partial charge is 0.227 e. The van der Waals surface area contributed by atoms with Crippen molar-refractivity contribution in [1.29, 1.82) is 0 Å². The molecule has 0 saturated carbocycles. The summed E-state index contributed by atoms with van der Waals surface area (Å²) in [5.74, 6) is 1.25. The number of hydrogen-bond acceptors (Lipinski definition) is 5. The highest BCUT2D eigenvalue weighted by Gasteiger charge is 2.36. The number of benzene rings is 9. The van der Waals surface area contributed by atoms with E-state index in [2.05, 4.69) is 181 Å². The standard InChI is InChI=1S/C59H40N4O2/c1-59(2)49-35-43(62(41-12-4-3-5-13-41)42-27-24-39(25-28-42)58-61-52-16-8-11-19-56(52)65-58)29-31-45(49)46-32-30-44(36-50(46)59)63-53-17-9-6-14-47(53)48-34-40(26-33-54(48)63)37-20-22-38(23-21-37)57-60-51-15-7-10-18-55(51)64-57/h3-36H,1-2H3. The molecule has 308 valence electrons. The summed E-state index contributed by atoms with van der Waals surface area (Å²) < 4.78 is 14.6. The van der Waals surface area contributed by atoms with Gasteiger partial charge in [-0.15, -0.1) is 0 Å². The van der Waals surface area contributed by atoms with Gasteiger partial charge in [0.25, 0.3) is 0 Å². The fourth-order valence-electron chi connectivity index (χ4n) is 10.00. The maximum absolute atomic E-state index is 6.11. The van der Waals surface area contributed by atoms with Crippen molar-refractivity contribution in [2.45, 2.75) is 19.3 Å². The zero-order valence-corrected chi connectivity index (χ0v) is 35.7. The lowest BCUT2D eigenvalue weighted by atomic mass is 9.82. The average molecular weight is 837 g/mol. The van der Waals surface area contributed by atoms with E-state index >= 15 is 0 Å². The van der Waals surface area contributed by atoms with Crippen molar-refractivity contribution >= 4 is 61.1 Å². The predicted octanol–water partition coefficient (Wildman–Crippen LogP) is 15.8. The highest BCUT2D eigenvalue weighted by atomic mass is 16.4. The van der Waals surface area contributed by atoms with Crippen molar-refractivity contribution in [3.63, 3.8) is 0 Å². The van der Waals surface area contributed by atoms with Crippen LogP contribution in [-0.4, -0.2) is 14.5 Å². The first-order chi connectivity index (χ1) is 31.9. The lowest BCUT2D eigenvalue weighted by Crippen LogP contribution is -2.17. The molecule has 3 heterocycles. The van der Waals surface area contributed by atoms with E-state index in [9.17, 15) is 0 Å². The highest BCUT2D eigenvalue weighted by Crippen LogP contribution is 2.52. The number of aromatic nitrogens is 3. The Hall–Kier alpha value is -8.48. The molecule has 0 radical (unpaired) electrons. The Morgan fingerprint density at radius 3 is 1.63 bits per heavy atom. The monoisotopic (exact) mass is 836 g/mol. The lowest BCUT2D eigenvalue weighted by Gasteiger charge is -2.28. The molecule has 6 heteroatoms. The minimum absolute atomic E-state index is 0.258. The summed E-state index contributed by atoms with van der Waals surface area (Å²) in [6.45, 7) is 4.72. The van der Waals surface area contributed by atoms with E-state index < -0.39 is 0 Å². The minimum Gasteiger partial charge on any atom is -0.436 e. The van der Waals surface area contributed by atoms with Crippen molar-refractivity contribution in [2.75, 3.05) is 4.90 Å². The number of rotatable bonds is 7. The Bertz CT molecular complexity index is 3730. The molecule has 0 aliphatic heterocycles. The Morgan fingerprint density at radius 1 is 0.415 bits per heavy atom. The molecule has 0 bridgehead atoms. The summed E-state index contributed by atoms with van der Waals surface area (Å²) in [5.41, 5.74) is 19.2. The molecule has 0 N–H and O–H groups in total. The van der Waals surface area contributed by atoms with Gasteiger partial charge in [-0.05, 0) is 149 Å². The second-order valence-electron chi connectivity index (χ2n) is 17.4. The van der Waals surface area contributed by atoms with Gasteiger partial charge < -0.3 is 18.3 Å². The van der Waals surface area contributed by atoms with E-state index in [1.807, 2.05) is 48.5 Å². The molecule has 0 amide bonds. The second kappa shape index (κ2) is 14.3. The first kappa shape index (κ1) is 37.1. The van der Waals surface area contributed by atoms with Crippen LogP contribution in [-0.2, 0) is 5.41 Å². The zero-order valence-electron chi connectivity index (χ0n) is 35.7. The van der Waals surface area contributed by atoms with Crippen LogP contribution < -0.4 is 4.90 Å². The van der Waals surface area contributed by atoms with E-state index in [1.54, 1.807) is 0 Å². The van der Waals surface area contributed by atoms with Gasteiger partial charge in [0, 0.05) is 50.1 Å². The number of anilines is 3. The quantitative estimate of drug-likeness (QED) is 0.160. The van der Waals surface area contributed by atoms with Crippen LogP contribution in [0.4, 0.5) is 17.1 Å². The summed E-state index contributed by atoms with van der Waals surface area (Å²) in [5, 5.41) is 2.44. The van der Waals surface area contributed by atoms with Crippen molar-refractivity contribution in [1.82, 2.24) is 14.5 Å². The normalized spacial score (nSPS) is 12.9. The maximum atomic E-state index is 6.11. The lowest BCUT2D eigenvalue weighted by molar-refractivity contribution is 0.619. The topological polar surface area (TPSA) is 60.2 Å². The molecule has 9 aromatic carbocycles. The highest BCUT2D eigenvalue weighted by molar-refractivity contribution is 6.10. The average Bonchev–Trinajstić information content (AvgIpc) is 4.12. The number of nitrogens with zero attached hydrogens (tertiary/aromatic N) is 4. The fourth-order valence-corrected chi connectivity index (χ4v) is 10.00. The van der Waals surface area contributed by atoms with Gasteiger partial charge in [0.15, 0.2) is 11.2 Å². The summed E-state index contributed by atoms with van der Waals surface area (Å²) >= 11 is 0. The van der Waals surface area contributed by atoms with Crippen molar-refractivity contribution < 1.29 is 8.83 Å². The predicted molar refractivity (Wildman–Crippen MR) is 264 cm³/mol. The van der Waals surface area contributed by atoms with E-state index in [4.69, 9.17) is 18.8 Å². The summed E-state index contributed by atoms with van der Waals surface area (Å²) in [6, 6.07) is 73.0. The largest absolute Gasteiger partial charge is 0.436 e. The van der Waals surface area contributed by atoms with Crippen LogP contribution in [0.1, 0.15) is 25.0 Å². The molecule has 0 saturated heterocycles. The molecular weight excluding hydrogens is 797 g/mol. The van der Waals surface area contributed by atoms with Crippen molar-refractivity contribution in [3.8, 4) is 50.8 Å². The maximum Gasteiger partial charge on any atom is 0.227 e. The molecule has 1 aliphatic rings. The van der Waals surface area contributed by atoms with Gasteiger partial charge in [-0.1, -0.05) is 105 Å². The van der Waals surface area contributed by atoms with Gasteiger partial charge >= 0.3 is 0 Å². The molecule has 6 nitrogen and oxygen atoms in total. The Kier molecular flexibility index (Phi) is 8.15. The molecule has 1 aliphatic carbocycles. The molecular formula is C59H40N4O2. The van der Waals surface area contributed by atoms with Gasteiger partial charge in [-0.2, -0.15) is 0 Å². The first-order valence-electron chi connectivity index (χ1n) is 22.1. The second-order valence-corrected chi connectivity index (χ2v) is 17.4. The van der Waals surface area contributed by atoms with E-state index in [1.165, 1.54) is 44.1 Å². The Balaban J connectivity index is 0.851. The third-order valence-corrected chi connectivity index (χ3v) is 13.3. The number of fused-ring (bicyclic) bond motifs is 8. The third kappa shape index (κ3) is 5.95. The van der Waals surface area contributed by atoms with Gasteiger partial charge in [-0.3, -0.25) is 0 Å². The fraction of sp³-hybridized carbons (Fsp3) is 0.0508. The Morgan fingerprint density at radius 2 is 0.938 bits per heavy atom. The summed E-state index contributed by atoms with van der Waals surface area (Å²) in [4.78, 5) is 11.8. The van der Waals surface area contributed by atoms with Gasteiger partial charge in [0.1, 0.15) is 11.0 Å². The zero-order chi connectivity index (χ0) is 43.2. The van der Waals surface area contributed by atoms with Gasteiger partial charge in [0.2, 0.25) is 11.8 Å². The number of para-hydroxylation sites is 6. The molecule has 65 heavy (non-hydrogen) atoms. The van der Waals surface area contributed by atoms with E-state index in [0.717, 1.165) is 67.2 Å². The van der Waals surface area contributed by atoms with Crippen LogP contribution in [0.25, 0.3) is 94.9 Å². The molecule has 12 aromatic rings. The van der Waals surface area contributed by atoms with Crippen LogP contribution in [0.5, 0.6) is 0 Å². The molecule has 0 spiro atoms. The molecule has 0 atom stereocenters. The molecule has 0 fully saturated rings. The van der Waals surface area contributed by atoms with Crippen LogP contribution in [0.15, 0.2) is 215 Å². The van der Waals surface area contributed by atoms with Crippen molar-refractivity contribution in [2.24, 2.45) is 0 Å². The van der Waals surface area contributed by atoms with Crippen LogP contribution in [0, 0.1) is 0 Å². The van der Waals surface area contributed by atoms with Gasteiger partial charge in [-0.25, -0.2) is 9.97 Å². The van der Waals surface area contributed by atoms with Crippen molar-refractivity contribution in [3.05, 3.63) is 217 Å². The van der Waals surface area contributed by atoms with Crippen LogP contribution in [0.2, 0.25) is 0 Å². The number of hydrogen-bond donors (Lipinski definition) is 0. The minimum atomic E-state index is -0.258. The molecule has 3 aromatic heterocycles. The van der Waals surface area contributed by atoms with Crippen LogP contribution >= 0.6 is 0 Å². The van der Waals surface area contributed by atoms with Crippen LogP contribution in [0.3, 0.4) is 0 Å². The summed E-state index contributed by atoms with van der Waals surface area (Å²) in [7, 11) is 0. The molecule has 0 unspecified atom stereocenters.